The summed E-state index contributed by atoms with van der Waals surface area (Å²) in [7, 11) is 1.96. The van der Waals surface area contributed by atoms with Crippen LogP contribution in [0.2, 0.25) is 0 Å². The summed E-state index contributed by atoms with van der Waals surface area (Å²) in [5, 5.41) is 13.4. The van der Waals surface area contributed by atoms with Gasteiger partial charge in [0.05, 0.1) is 0 Å². The molecule has 0 bridgehead atoms. The van der Waals surface area contributed by atoms with Gasteiger partial charge < -0.3 is 14.2 Å². The van der Waals surface area contributed by atoms with Gasteiger partial charge in [-0.1, -0.05) is 5.16 Å². The van der Waals surface area contributed by atoms with Crippen LogP contribution in [0.4, 0.5) is 0 Å². The number of aromatic nitrogens is 3. The molecule has 0 spiro atoms. The zero-order valence-electron chi connectivity index (χ0n) is 9.49. The van der Waals surface area contributed by atoms with Crippen molar-refractivity contribution < 1.29 is 14.4 Å². The average Bonchev–Trinajstić information content (AvgIpc) is 2.96. The molecule has 2 heterocycles. The molecule has 0 radical (unpaired) electrons. The van der Waals surface area contributed by atoms with E-state index >= 15 is 0 Å². The minimum absolute atomic E-state index is 0.276. The summed E-state index contributed by atoms with van der Waals surface area (Å²) < 4.78 is 6.63. The Morgan fingerprint density at radius 2 is 2.22 bits per heavy atom. The Balaban J connectivity index is 2.10. The first-order valence-corrected chi connectivity index (χ1v) is 5.27. The van der Waals surface area contributed by atoms with Crippen molar-refractivity contribution in [2.45, 2.75) is 0 Å². The highest BCUT2D eigenvalue weighted by molar-refractivity contribution is 5.85. The van der Waals surface area contributed by atoms with Gasteiger partial charge in [0.15, 0.2) is 0 Å². The molecule has 0 aliphatic rings. The van der Waals surface area contributed by atoms with Gasteiger partial charge in [0.2, 0.25) is 5.82 Å². The van der Waals surface area contributed by atoms with E-state index in [4.69, 9.17) is 5.11 Å². The normalized spacial score (nSPS) is 10.9. The minimum Gasteiger partial charge on any atom is -0.474 e. The number of fused-ring (bicyclic) bond motifs is 1. The second-order valence-corrected chi connectivity index (χ2v) is 3.93. The van der Waals surface area contributed by atoms with Gasteiger partial charge in [-0.05, 0) is 24.3 Å². The largest absolute Gasteiger partial charge is 0.474 e. The highest BCUT2D eigenvalue weighted by Crippen LogP contribution is 2.22. The first-order chi connectivity index (χ1) is 8.65. The van der Waals surface area contributed by atoms with Crippen LogP contribution in [-0.4, -0.2) is 25.8 Å². The summed E-state index contributed by atoms with van der Waals surface area (Å²) in [4.78, 5) is 14.5. The van der Waals surface area contributed by atoms with Crippen molar-refractivity contribution >= 4 is 16.9 Å². The third kappa shape index (κ3) is 1.55. The number of hydrogen-bond acceptors (Lipinski definition) is 4. The van der Waals surface area contributed by atoms with Crippen LogP contribution in [0.5, 0.6) is 0 Å². The monoisotopic (exact) mass is 243 g/mol. The van der Waals surface area contributed by atoms with E-state index in [0.29, 0.717) is 0 Å². The van der Waals surface area contributed by atoms with Gasteiger partial charge in [-0.15, -0.1) is 0 Å². The topological polar surface area (TPSA) is 81.2 Å². The Kier molecular flexibility index (Phi) is 2.16. The predicted octanol–water partition coefficient (Wildman–Crippen LogP) is 1.93. The van der Waals surface area contributed by atoms with Crippen LogP contribution in [0.3, 0.4) is 0 Å². The number of rotatable bonds is 2. The van der Waals surface area contributed by atoms with Crippen LogP contribution < -0.4 is 0 Å². The van der Waals surface area contributed by atoms with E-state index in [0.717, 1.165) is 16.5 Å². The maximum Gasteiger partial charge on any atom is 0.394 e. The zero-order valence-corrected chi connectivity index (χ0v) is 9.49. The van der Waals surface area contributed by atoms with E-state index in [1.807, 2.05) is 42.1 Å². The molecular formula is C12H9N3O3. The molecule has 1 N–H and O–H groups in total. The van der Waals surface area contributed by atoms with Gasteiger partial charge in [-0.3, -0.25) is 0 Å². The number of benzene rings is 1. The van der Waals surface area contributed by atoms with Crippen LogP contribution in [0.25, 0.3) is 22.3 Å². The molecule has 0 atom stereocenters. The Hall–Kier alpha value is -2.63. The van der Waals surface area contributed by atoms with Crippen LogP contribution in [0.15, 0.2) is 35.0 Å². The van der Waals surface area contributed by atoms with E-state index < -0.39 is 11.9 Å². The van der Waals surface area contributed by atoms with Gasteiger partial charge in [0, 0.05) is 29.7 Å². The number of carbonyl (C=O) groups is 1. The summed E-state index contributed by atoms with van der Waals surface area (Å²) in [5.41, 5.74) is 1.81. The Morgan fingerprint density at radius 3 is 2.94 bits per heavy atom. The summed E-state index contributed by atoms with van der Waals surface area (Å²) in [6.45, 7) is 0. The molecule has 6 nitrogen and oxygen atoms in total. The molecule has 1 aromatic carbocycles. The van der Waals surface area contributed by atoms with E-state index in [-0.39, 0.29) is 5.82 Å². The fourth-order valence-electron chi connectivity index (χ4n) is 1.85. The van der Waals surface area contributed by atoms with E-state index in [9.17, 15) is 4.79 Å². The summed E-state index contributed by atoms with van der Waals surface area (Å²) >= 11 is 0. The Labute approximate surface area is 101 Å². The molecule has 0 saturated heterocycles. The fourth-order valence-corrected chi connectivity index (χ4v) is 1.85. The number of nitrogens with zero attached hydrogens (tertiary/aromatic N) is 3. The lowest BCUT2D eigenvalue weighted by Crippen LogP contribution is -1.95. The predicted molar refractivity (Wildman–Crippen MR) is 63.2 cm³/mol. The highest BCUT2D eigenvalue weighted by Gasteiger charge is 2.14. The first-order valence-electron chi connectivity index (χ1n) is 5.27. The fraction of sp³-hybridized carbons (Fsp3) is 0.0833. The highest BCUT2D eigenvalue weighted by atomic mass is 16.5. The Morgan fingerprint density at radius 1 is 1.39 bits per heavy atom. The van der Waals surface area contributed by atoms with E-state index in [2.05, 4.69) is 14.7 Å². The van der Waals surface area contributed by atoms with Gasteiger partial charge in [0.25, 0.3) is 0 Å². The van der Waals surface area contributed by atoms with Gasteiger partial charge in [-0.25, -0.2) is 4.79 Å². The molecule has 0 aliphatic carbocycles. The summed E-state index contributed by atoms with van der Waals surface area (Å²) in [6, 6.07) is 7.63. The first kappa shape index (κ1) is 10.5. The lowest BCUT2D eigenvalue weighted by molar-refractivity contribution is 0.0643. The van der Waals surface area contributed by atoms with Crippen molar-refractivity contribution in [2.75, 3.05) is 0 Å². The van der Waals surface area contributed by atoms with Crippen molar-refractivity contribution in [1.29, 1.82) is 0 Å². The molecule has 3 rings (SSSR count). The number of hydrogen-bond donors (Lipinski definition) is 1. The second kappa shape index (κ2) is 3.69. The summed E-state index contributed by atoms with van der Waals surface area (Å²) in [5.74, 6) is -1.36. The van der Waals surface area contributed by atoms with Gasteiger partial charge in [-0.2, -0.15) is 4.98 Å². The maximum atomic E-state index is 10.7. The average molecular weight is 243 g/mol. The molecule has 90 valence electrons. The molecule has 0 unspecified atom stereocenters. The van der Waals surface area contributed by atoms with Crippen molar-refractivity contribution in [3.05, 3.63) is 36.4 Å². The minimum atomic E-state index is -1.23. The molecule has 18 heavy (non-hydrogen) atoms. The van der Waals surface area contributed by atoms with E-state index in [1.54, 1.807) is 0 Å². The zero-order chi connectivity index (χ0) is 12.7. The SMILES string of the molecule is Cn1ccc2cc(-c3noc(C(=O)O)n3)ccc21. The maximum absolute atomic E-state index is 10.7. The molecule has 0 saturated carbocycles. The second-order valence-electron chi connectivity index (χ2n) is 3.93. The van der Waals surface area contributed by atoms with Gasteiger partial charge in [0.1, 0.15) is 0 Å². The van der Waals surface area contributed by atoms with Gasteiger partial charge >= 0.3 is 11.9 Å². The van der Waals surface area contributed by atoms with Crippen molar-refractivity contribution in [3.63, 3.8) is 0 Å². The molecule has 0 fully saturated rings. The number of carboxylic acids is 1. The molecule has 0 aliphatic heterocycles. The molecule has 6 heteroatoms. The van der Waals surface area contributed by atoms with Crippen molar-refractivity contribution in [2.24, 2.45) is 7.05 Å². The Bertz CT molecular complexity index is 742. The van der Waals surface area contributed by atoms with Crippen molar-refractivity contribution in [3.8, 4) is 11.4 Å². The third-order valence-corrected chi connectivity index (χ3v) is 2.75. The van der Waals surface area contributed by atoms with Crippen molar-refractivity contribution in [1.82, 2.24) is 14.7 Å². The van der Waals surface area contributed by atoms with Crippen LogP contribution in [-0.2, 0) is 7.05 Å². The van der Waals surface area contributed by atoms with Crippen LogP contribution >= 0.6 is 0 Å². The third-order valence-electron chi connectivity index (χ3n) is 2.75. The molecule has 2 aromatic heterocycles. The quantitative estimate of drug-likeness (QED) is 0.743. The standard InChI is InChI=1S/C12H9N3O3/c1-15-5-4-7-6-8(2-3-9(7)15)10-13-11(12(16)17)18-14-10/h2-6H,1H3,(H,16,17). The molecule has 3 aromatic rings. The number of aryl methyl sites for hydroxylation is 1. The van der Waals surface area contributed by atoms with Crippen LogP contribution in [0.1, 0.15) is 10.7 Å². The molecular weight excluding hydrogens is 234 g/mol. The van der Waals surface area contributed by atoms with Crippen LogP contribution in [0, 0.1) is 0 Å². The number of aromatic carboxylic acids is 1. The lowest BCUT2D eigenvalue weighted by Gasteiger charge is -1.97. The lowest BCUT2D eigenvalue weighted by atomic mass is 10.1. The summed E-state index contributed by atoms with van der Waals surface area (Å²) in [6.07, 6.45) is 1.95. The van der Waals surface area contributed by atoms with E-state index in [1.165, 1.54) is 0 Å². The number of carboxylic acid groups (broad SMARTS) is 1. The smallest absolute Gasteiger partial charge is 0.394 e. The molecule has 0 amide bonds.